The lowest BCUT2D eigenvalue weighted by molar-refractivity contribution is 0.0791. The SMILES string of the molecule is COc1ccc(C(=O)N(C)CCc2ncon2)c(OC)n1. The van der Waals surface area contributed by atoms with E-state index < -0.39 is 0 Å². The summed E-state index contributed by atoms with van der Waals surface area (Å²) in [5.74, 6) is 0.962. The molecular formula is C13H16N4O4. The van der Waals surface area contributed by atoms with E-state index in [1.807, 2.05) is 0 Å². The summed E-state index contributed by atoms with van der Waals surface area (Å²) in [6.07, 6.45) is 1.76. The molecule has 0 radical (unpaired) electrons. The Balaban J connectivity index is 2.07. The summed E-state index contributed by atoms with van der Waals surface area (Å²) in [6.45, 7) is 0.452. The Kier molecular flexibility index (Phi) is 4.70. The quantitative estimate of drug-likeness (QED) is 0.777. The minimum atomic E-state index is -0.203. The fraction of sp³-hybridized carbons (Fsp3) is 0.385. The van der Waals surface area contributed by atoms with Gasteiger partial charge in [0, 0.05) is 26.1 Å². The lowest BCUT2D eigenvalue weighted by Gasteiger charge is -2.17. The smallest absolute Gasteiger partial charge is 0.259 e. The van der Waals surface area contributed by atoms with Gasteiger partial charge in [-0.25, -0.2) is 0 Å². The first kappa shape index (κ1) is 14.8. The van der Waals surface area contributed by atoms with Gasteiger partial charge < -0.3 is 18.9 Å². The van der Waals surface area contributed by atoms with Crippen molar-refractivity contribution < 1.29 is 18.8 Å². The molecule has 0 aromatic carbocycles. The van der Waals surface area contributed by atoms with E-state index in [0.717, 1.165) is 0 Å². The van der Waals surface area contributed by atoms with E-state index in [0.29, 0.717) is 30.2 Å². The topological polar surface area (TPSA) is 90.6 Å². The van der Waals surface area contributed by atoms with E-state index in [4.69, 9.17) is 9.47 Å². The van der Waals surface area contributed by atoms with Crippen molar-refractivity contribution in [3.63, 3.8) is 0 Å². The molecule has 0 saturated carbocycles. The average Bonchev–Trinajstić information content (AvgIpc) is 3.04. The first-order chi connectivity index (χ1) is 10.2. The number of carbonyl (C=O) groups is 1. The first-order valence-electron chi connectivity index (χ1n) is 6.25. The van der Waals surface area contributed by atoms with Crippen LogP contribution in [0.5, 0.6) is 11.8 Å². The summed E-state index contributed by atoms with van der Waals surface area (Å²) in [5.41, 5.74) is 0.369. The molecule has 2 aromatic rings. The third-order valence-electron chi connectivity index (χ3n) is 2.89. The van der Waals surface area contributed by atoms with Crippen molar-refractivity contribution in [3.05, 3.63) is 29.9 Å². The van der Waals surface area contributed by atoms with E-state index >= 15 is 0 Å². The third-order valence-corrected chi connectivity index (χ3v) is 2.89. The molecule has 1 amide bonds. The van der Waals surface area contributed by atoms with Gasteiger partial charge in [0.05, 0.1) is 14.2 Å². The van der Waals surface area contributed by atoms with Crippen LogP contribution in [0.1, 0.15) is 16.2 Å². The zero-order valence-corrected chi connectivity index (χ0v) is 12.1. The van der Waals surface area contributed by atoms with Gasteiger partial charge in [0.15, 0.2) is 5.82 Å². The Bertz CT molecular complexity index is 600. The lowest BCUT2D eigenvalue weighted by Crippen LogP contribution is -2.29. The summed E-state index contributed by atoms with van der Waals surface area (Å²) in [7, 11) is 4.64. The Hall–Kier alpha value is -2.64. The number of ether oxygens (including phenoxy) is 2. The van der Waals surface area contributed by atoms with E-state index in [2.05, 4.69) is 19.6 Å². The highest BCUT2D eigenvalue weighted by Gasteiger charge is 2.18. The summed E-state index contributed by atoms with van der Waals surface area (Å²) < 4.78 is 14.8. The zero-order valence-electron chi connectivity index (χ0n) is 12.1. The highest BCUT2D eigenvalue weighted by molar-refractivity contribution is 5.96. The number of amides is 1. The monoisotopic (exact) mass is 292 g/mol. The molecule has 2 heterocycles. The molecule has 0 spiro atoms. The molecule has 0 aliphatic rings. The molecule has 0 atom stereocenters. The molecule has 21 heavy (non-hydrogen) atoms. The van der Waals surface area contributed by atoms with Gasteiger partial charge in [-0.05, 0) is 6.07 Å². The van der Waals surface area contributed by atoms with Crippen molar-refractivity contribution in [1.82, 2.24) is 20.0 Å². The normalized spacial score (nSPS) is 10.2. The van der Waals surface area contributed by atoms with E-state index in [1.54, 1.807) is 24.1 Å². The highest BCUT2D eigenvalue weighted by atomic mass is 16.5. The standard InChI is InChI=1S/C13H16N4O4/c1-17(7-6-10-14-8-21-16-10)13(18)9-4-5-11(19-2)15-12(9)20-3/h4-5,8H,6-7H2,1-3H3. The number of carbonyl (C=O) groups excluding carboxylic acids is 1. The van der Waals surface area contributed by atoms with Crippen LogP contribution in [0.15, 0.2) is 23.0 Å². The van der Waals surface area contributed by atoms with Gasteiger partial charge in [-0.1, -0.05) is 5.16 Å². The molecule has 0 aliphatic heterocycles. The summed E-state index contributed by atoms with van der Waals surface area (Å²) in [6, 6.07) is 3.24. The Labute approximate surface area is 121 Å². The second-order valence-electron chi connectivity index (χ2n) is 4.23. The summed E-state index contributed by atoms with van der Waals surface area (Å²) in [5, 5.41) is 3.70. The maximum Gasteiger partial charge on any atom is 0.259 e. The molecule has 2 aromatic heterocycles. The number of nitrogens with zero attached hydrogens (tertiary/aromatic N) is 4. The van der Waals surface area contributed by atoms with Crippen LogP contribution in [-0.2, 0) is 6.42 Å². The van der Waals surface area contributed by atoms with E-state index in [-0.39, 0.29) is 11.8 Å². The summed E-state index contributed by atoms with van der Waals surface area (Å²) >= 11 is 0. The van der Waals surface area contributed by atoms with Crippen LogP contribution in [0.25, 0.3) is 0 Å². The van der Waals surface area contributed by atoms with Crippen molar-refractivity contribution in [2.45, 2.75) is 6.42 Å². The van der Waals surface area contributed by atoms with E-state index in [1.165, 1.54) is 20.6 Å². The summed E-state index contributed by atoms with van der Waals surface area (Å²) in [4.78, 5) is 21.9. The molecule has 0 saturated heterocycles. The predicted molar refractivity (Wildman–Crippen MR) is 72.3 cm³/mol. The molecular weight excluding hydrogens is 276 g/mol. The molecule has 0 bridgehead atoms. The number of hydrogen-bond donors (Lipinski definition) is 0. The van der Waals surface area contributed by atoms with Crippen LogP contribution < -0.4 is 9.47 Å². The van der Waals surface area contributed by atoms with Gasteiger partial charge in [-0.2, -0.15) is 9.97 Å². The maximum absolute atomic E-state index is 12.4. The number of methoxy groups -OCH3 is 2. The fourth-order valence-electron chi connectivity index (χ4n) is 1.73. The fourth-order valence-corrected chi connectivity index (χ4v) is 1.73. The van der Waals surface area contributed by atoms with Gasteiger partial charge in [0.1, 0.15) is 5.56 Å². The van der Waals surface area contributed by atoms with Crippen LogP contribution in [0.2, 0.25) is 0 Å². The average molecular weight is 292 g/mol. The minimum absolute atomic E-state index is 0.203. The predicted octanol–water partition coefficient (Wildman–Crippen LogP) is 0.796. The Morgan fingerprint density at radius 3 is 2.76 bits per heavy atom. The minimum Gasteiger partial charge on any atom is -0.481 e. The van der Waals surface area contributed by atoms with E-state index in [9.17, 15) is 4.79 Å². The largest absolute Gasteiger partial charge is 0.481 e. The van der Waals surface area contributed by atoms with Gasteiger partial charge >= 0.3 is 0 Å². The Morgan fingerprint density at radius 1 is 1.33 bits per heavy atom. The molecule has 0 aliphatic carbocycles. The van der Waals surface area contributed by atoms with Crippen LogP contribution in [-0.4, -0.2) is 53.7 Å². The van der Waals surface area contributed by atoms with Crippen LogP contribution >= 0.6 is 0 Å². The number of rotatable bonds is 6. The van der Waals surface area contributed by atoms with Gasteiger partial charge in [0.2, 0.25) is 18.2 Å². The van der Waals surface area contributed by atoms with Crippen LogP contribution in [0.4, 0.5) is 0 Å². The van der Waals surface area contributed by atoms with Gasteiger partial charge in [0.25, 0.3) is 5.91 Å². The van der Waals surface area contributed by atoms with Gasteiger partial charge in [-0.15, -0.1) is 0 Å². The van der Waals surface area contributed by atoms with Crippen LogP contribution in [0.3, 0.4) is 0 Å². The van der Waals surface area contributed by atoms with Crippen molar-refractivity contribution in [2.24, 2.45) is 0 Å². The Morgan fingerprint density at radius 2 is 2.14 bits per heavy atom. The number of likely N-dealkylation sites (N-methyl/N-ethyl adjacent to an activating group) is 1. The van der Waals surface area contributed by atoms with Crippen molar-refractivity contribution in [1.29, 1.82) is 0 Å². The van der Waals surface area contributed by atoms with Crippen LogP contribution in [0, 0.1) is 0 Å². The lowest BCUT2D eigenvalue weighted by atomic mass is 10.2. The molecule has 2 rings (SSSR count). The molecule has 112 valence electrons. The van der Waals surface area contributed by atoms with Gasteiger partial charge in [-0.3, -0.25) is 4.79 Å². The second kappa shape index (κ2) is 6.69. The number of aromatic nitrogens is 3. The van der Waals surface area contributed by atoms with Crippen molar-refractivity contribution >= 4 is 5.91 Å². The third kappa shape index (κ3) is 3.47. The van der Waals surface area contributed by atoms with Crippen molar-refractivity contribution in [3.8, 4) is 11.8 Å². The first-order valence-corrected chi connectivity index (χ1v) is 6.25. The maximum atomic E-state index is 12.4. The highest BCUT2D eigenvalue weighted by Crippen LogP contribution is 2.21. The molecule has 0 fully saturated rings. The molecule has 0 N–H and O–H groups in total. The molecule has 8 heteroatoms. The molecule has 0 unspecified atom stereocenters. The second-order valence-corrected chi connectivity index (χ2v) is 4.23. The zero-order chi connectivity index (χ0) is 15.2. The number of hydrogen-bond acceptors (Lipinski definition) is 7. The molecule has 8 nitrogen and oxygen atoms in total. The number of pyridine rings is 1. The van der Waals surface area contributed by atoms with Crippen molar-refractivity contribution in [2.75, 3.05) is 27.8 Å².